The Morgan fingerprint density at radius 2 is 1.03 bits per heavy atom. The highest BCUT2D eigenvalue weighted by Crippen LogP contribution is 2.43. The Kier molecular flexibility index (Phi) is 42.0. The molecule has 0 aliphatic rings. The maximum absolute atomic E-state index is 12.7. The van der Waals surface area contributed by atoms with E-state index in [9.17, 15) is 29.3 Å². The summed E-state index contributed by atoms with van der Waals surface area (Å²) in [5, 5.41) is 20.4. The van der Waals surface area contributed by atoms with E-state index in [2.05, 4.69) is 19.9 Å². The number of hydrogen-bond acceptors (Lipinski definition) is 9. The second-order valence-corrected chi connectivity index (χ2v) is 20.1. The molecule has 12 heteroatoms. The Bertz CT molecular complexity index is 1260. The zero-order chi connectivity index (χ0) is 47.4. The van der Waals surface area contributed by atoms with E-state index in [1.807, 2.05) is 27.2 Å². The lowest BCUT2D eigenvalue weighted by Crippen LogP contribution is -2.37. The molecule has 0 aromatic carbocycles. The molecule has 0 amide bonds. The van der Waals surface area contributed by atoms with Gasteiger partial charge in [-0.1, -0.05) is 204 Å². The lowest BCUT2D eigenvalue weighted by Gasteiger charge is -2.24. The zero-order valence-corrected chi connectivity index (χ0v) is 42.4. The number of unbranched alkanes of at least 4 members (excludes halogenated alkanes) is 23. The van der Waals surface area contributed by atoms with E-state index >= 15 is 0 Å². The van der Waals surface area contributed by atoms with Crippen molar-refractivity contribution < 1.29 is 52.3 Å². The molecule has 0 heterocycles. The lowest BCUT2D eigenvalue weighted by molar-refractivity contribution is -0.870. The summed E-state index contributed by atoms with van der Waals surface area (Å²) in [6.45, 7) is 4.10. The van der Waals surface area contributed by atoms with Crippen molar-refractivity contribution >= 4 is 19.8 Å². The summed E-state index contributed by atoms with van der Waals surface area (Å²) >= 11 is 0. The van der Waals surface area contributed by atoms with Gasteiger partial charge in [0.25, 0.3) is 0 Å². The van der Waals surface area contributed by atoms with Gasteiger partial charge in [0.2, 0.25) is 0 Å². The highest BCUT2D eigenvalue weighted by atomic mass is 31.2. The summed E-state index contributed by atoms with van der Waals surface area (Å²) in [6, 6.07) is 0. The van der Waals surface area contributed by atoms with Crippen LogP contribution in [0.25, 0.3) is 0 Å². The first-order valence-corrected chi connectivity index (χ1v) is 27.1. The van der Waals surface area contributed by atoms with Gasteiger partial charge < -0.3 is 29.1 Å². The van der Waals surface area contributed by atoms with Gasteiger partial charge in [-0.05, 0) is 38.5 Å². The number of aliphatic hydroxyl groups excluding tert-OH is 2. The quantitative estimate of drug-likeness (QED) is 0.0134. The fraction of sp³-hybridized carbons (Fsp3) is 0.808. The first kappa shape index (κ1) is 61.9. The predicted octanol–water partition coefficient (Wildman–Crippen LogP) is 13.0. The number of phosphoric ester groups is 1. The second kappa shape index (κ2) is 43.5. The van der Waals surface area contributed by atoms with Crippen LogP contribution in [0.15, 0.2) is 48.6 Å². The monoisotopic (exact) mass is 927 g/mol. The van der Waals surface area contributed by atoms with E-state index in [0.29, 0.717) is 36.7 Å². The topological polar surface area (TPSA) is 149 Å². The first-order valence-electron chi connectivity index (χ1n) is 25.6. The van der Waals surface area contributed by atoms with Crippen LogP contribution < -0.4 is 0 Å². The molecule has 0 aromatic heterocycles. The van der Waals surface area contributed by atoms with Gasteiger partial charge >= 0.3 is 19.8 Å². The molecule has 64 heavy (non-hydrogen) atoms. The molecule has 0 aliphatic heterocycles. The van der Waals surface area contributed by atoms with Gasteiger partial charge in [-0.25, -0.2) is 4.57 Å². The normalized spacial score (nSPS) is 14.8. The van der Waals surface area contributed by atoms with Gasteiger partial charge in [0.1, 0.15) is 19.8 Å². The molecule has 0 spiro atoms. The van der Waals surface area contributed by atoms with Crippen LogP contribution in [0, 0.1) is 0 Å². The number of carbonyl (C=O) groups is 2. The van der Waals surface area contributed by atoms with E-state index in [4.69, 9.17) is 18.5 Å². The minimum Gasteiger partial charge on any atom is -0.462 e. The number of carbonyl (C=O) groups excluding carboxylic acids is 2. The maximum Gasteiger partial charge on any atom is 0.472 e. The molecule has 0 aromatic rings. The van der Waals surface area contributed by atoms with Crippen molar-refractivity contribution in [1.82, 2.24) is 0 Å². The number of esters is 2. The van der Waals surface area contributed by atoms with Crippen molar-refractivity contribution in [3.63, 3.8) is 0 Å². The molecule has 0 saturated carbocycles. The molecule has 3 N–H and O–H groups in total. The molecule has 0 radical (unpaired) electrons. The first-order chi connectivity index (χ1) is 30.8. The third-order valence-electron chi connectivity index (χ3n) is 11.1. The Morgan fingerprint density at radius 3 is 1.55 bits per heavy atom. The molecule has 1 unspecified atom stereocenters. The second-order valence-electron chi connectivity index (χ2n) is 18.6. The fourth-order valence-corrected chi connectivity index (χ4v) is 7.72. The van der Waals surface area contributed by atoms with Gasteiger partial charge in [-0.2, -0.15) is 0 Å². The Morgan fingerprint density at radius 1 is 0.562 bits per heavy atom. The molecule has 0 bridgehead atoms. The van der Waals surface area contributed by atoms with Crippen molar-refractivity contribution in [3.05, 3.63) is 48.6 Å². The number of quaternary nitrogens is 1. The maximum atomic E-state index is 12.7. The largest absolute Gasteiger partial charge is 0.472 e. The van der Waals surface area contributed by atoms with Crippen LogP contribution in [0.2, 0.25) is 0 Å². The zero-order valence-electron chi connectivity index (χ0n) is 41.5. The van der Waals surface area contributed by atoms with Crippen LogP contribution in [0.1, 0.15) is 206 Å². The van der Waals surface area contributed by atoms with Gasteiger partial charge in [0.15, 0.2) is 6.10 Å². The average Bonchev–Trinajstić information content (AvgIpc) is 3.24. The van der Waals surface area contributed by atoms with Crippen LogP contribution in [0.5, 0.6) is 0 Å². The minimum atomic E-state index is -4.45. The number of nitrogens with zero attached hydrogens (tertiary/aromatic N) is 1. The SMILES string of the molecule is CCCCC/C=C\C[C@H](O)/C=C/C=C/C=C\[C@H](O)CCCC(=O)O[C@H](COC(=O)CCCCCCCCCCCCCCCCCCCCCCC)COP(=O)(O)OCC[N+](C)(C)C. The van der Waals surface area contributed by atoms with Crippen LogP contribution >= 0.6 is 7.82 Å². The summed E-state index contributed by atoms with van der Waals surface area (Å²) in [6.07, 6.45) is 45.1. The summed E-state index contributed by atoms with van der Waals surface area (Å²) in [5.74, 6) is -1.03. The molecule has 0 saturated heterocycles. The molecule has 0 fully saturated rings. The Balaban J connectivity index is 4.45. The minimum absolute atomic E-state index is 0.0141. The standard InChI is InChI=1S/C52H96NO10P/c1-6-8-10-12-14-15-16-17-18-19-20-21-22-23-24-25-26-27-28-30-36-42-51(56)60-46-50(47-62-64(58,59)61-45-44-53(3,4)5)63-52(57)43-37-41-49(55)40-35-32-31-34-39-48(54)38-33-29-13-11-9-7-2/h29,31-35,39-40,48-50,54-55H,6-28,30,36-38,41-47H2,1-5H3/p+1/b32-31+,33-29-,39-34+,40-35-/t48-,49-,50+/m0/s1. The number of ether oxygens (including phenoxy) is 2. The van der Waals surface area contributed by atoms with Crippen molar-refractivity contribution in [3.8, 4) is 0 Å². The molecule has 374 valence electrons. The summed E-state index contributed by atoms with van der Waals surface area (Å²) in [7, 11) is 1.32. The summed E-state index contributed by atoms with van der Waals surface area (Å²) in [4.78, 5) is 35.5. The fourth-order valence-electron chi connectivity index (χ4n) is 6.97. The lowest BCUT2D eigenvalue weighted by atomic mass is 10.0. The number of rotatable bonds is 46. The van der Waals surface area contributed by atoms with Crippen molar-refractivity contribution in [2.24, 2.45) is 0 Å². The van der Waals surface area contributed by atoms with Crippen LogP contribution in [-0.4, -0.2) is 97.3 Å². The number of phosphoric acid groups is 1. The number of aliphatic hydroxyl groups is 2. The molecule has 11 nitrogen and oxygen atoms in total. The molecule has 0 rings (SSSR count). The van der Waals surface area contributed by atoms with Gasteiger partial charge in [-0.3, -0.25) is 18.6 Å². The Labute approximate surface area is 391 Å². The van der Waals surface area contributed by atoms with E-state index in [1.165, 1.54) is 128 Å². The summed E-state index contributed by atoms with van der Waals surface area (Å²) < 4.78 is 34.2. The van der Waals surface area contributed by atoms with Crippen LogP contribution in [-0.2, 0) is 32.7 Å². The smallest absolute Gasteiger partial charge is 0.462 e. The third-order valence-corrected chi connectivity index (χ3v) is 12.0. The van der Waals surface area contributed by atoms with Crippen molar-refractivity contribution in [2.75, 3.05) is 47.5 Å². The van der Waals surface area contributed by atoms with E-state index in [0.717, 1.165) is 25.7 Å². The summed E-state index contributed by atoms with van der Waals surface area (Å²) in [5.41, 5.74) is 0. The van der Waals surface area contributed by atoms with Crippen LogP contribution in [0.3, 0.4) is 0 Å². The van der Waals surface area contributed by atoms with Crippen LogP contribution in [0.4, 0.5) is 0 Å². The van der Waals surface area contributed by atoms with Gasteiger partial charge in [0, 0.05) is 12.8 Å². The van der Waals surface area contributed by atoms with Gasteiger partial charge in [0.05, 0.1) is 40.0 Å². The number of likely N-dealkylation sites (N-methyl/N-ethyl adjacent to an activating group) is 1. The Hall–Kier alpha value is -2.11. The highest BCUT2D eigenvalue weighted by molar-refractivity contribution is 7.47. The molecular weight excluding hydrogens is 830 g/mol. The van der Waals surface area contributed by atoms with Gasteiger partial charge in [-0.15, -0.1) is 0 Å². The van der Waals surface area contributed by atoms with E-state index < -0.39 is 44.7 Å². The van der Waals surface area contributed by atoms with E-state index in [-0.39, 0.29) is 26.1 Å². The third kappa shape index (κ3) is 46.4. The van der Waals surface area contributed by atoms with Crippen molar-refractivity contribution in [1.29, 1.82) is 0 Å². The molecule has 4 atom stereocenters. The van der Waals surface area contributed by atoms with Crippen molar-refractivity contribution in [2.45, 2.75) is 225 Å². The predicted molar refractivity (Wildman–Crippen MR) is 264 cm³/mol. The number of hydrogen-bond donors (Lipinski definition) is 3. The van der Waals surface area contributed by atoms with E-state index in [1.54, 1.807) is 36.5 Å². The highest BCUT2D eigenvalue weighted by Gasteiger charge is 2.27. The number of allylic oxidation sites excluding steroid dienone is 5. The average molecular weight is 927 g/mol. The molecule has 0 aliphatic carbocycles. The molecular formula is C52H97NO10P+.